The van der Waals surface area contributed by atoms with Crippen LogP contribution in [-0.2, 0) is 13.0 Å². The van der Waals surface area contributed by atoms with Gasteiger partial charge in [-0.05, 0) is 49.6 Å². The van der Waals surface area contributed by atoms with Crippen LogP contribution in [0.15, 0.2) is 48.5 Å². The number of carbonyl (C=O) groups is 1. The van der Waals surface area contributed by atoms with Gasteiger partial charge in [-0.3, -0.25) is 4.79 Å². The smallest absolute Gasteiger partial charge is 0.251 e. The minimum atomic E-state index is -0.0427. The first-order chi connectivity index (χ1) is 20.2. The number of imidazole rings is 1. The normalized spacial score (nSPS) is 11.3. The van der Waals surface area contributed by atoms with E-state index in [0.717, 1.165) is 37.7 Å². The molecule has 0 radical (unpaired) electrons. The van der Waals surface area contributed by atoms with Crippen LogP contribution in [0.25, 0.3) is 11.0 Å². The molecule has 226 valence electrons. The number of aryl methyl sites for hydroxylation is 2. The van der Waals surface area contributed by atoms with E-state index in [1.54, 1.807) is 13.2 Å². The fraction of sp³-hybridized carbons (Fsp3) is 0.611. The highest BCUT2D eigenvalue weighted by atomic mass is 16.5. The first kappa shape index (κ1) is 32.7. The first-order valence-corrected chi connectivity index (χ1v) is 16.6. The maximum atomic E-state index is 12.4. The molecule has 0 bridgehead atoms. The molecule has 1 heterocycles. The van der Waals surface area contributed by atoms with Gasteiger partial charge in [0.05, 0.1) is 18.1 Å². The molecule has 0 aliphatic heterocycles. The fourth-order valence-corrected chi connectivity index (χ4v) is 5.68. The molecule has 0 fully saturated rings. The molecule has 1 amide bonds. The molecule has 0 aliphatic rings. The van der Waals surface area contributed by atoms with Gasteiger partial charge in [-0.1, -0.05) is 115 Å². The number of aromatic nitrogens is 2. The molecule has 0 aliphatic carbocycles. The Hall–Kier alpha value is -2.82. The summed E-state index contributed by atoms with van der Waals surface area (Å²) in [5.41, 5.74) is 3.02. The number of amides is 1. The van der Waals surface area contributed by atoms with Crippen molar-refractivity contribution >= 4 is 16.9 Å². The molecule has 41 heavy (non-hydrogen) atoms. The van der Waals surface area contributed by atoms with Crippen LogP contribution in [-0.4, -0.2) is 29.1 Å². The largest absolute Gasteiger partial charge is 0.497 e. The lowest BCUT2D eigenvalue weighted by atomic mass is 10.0. The third-order valence-corrected chi connectivity index (χ3v) is 8.16. The summed E-state index contributed by atoms with van der Waals surface area (Å²) in [7, 11) is 1.62. The van der Waals surface area contributed by atoms with Crippen molar-refractivity contribution < 1.29 is 9.53 Å². The van der Waals surface area contributed by atoms with Crippen LogP contribution in [0.5, 0.6) is 5.75 Å². The van der Waals surface area contributed by atoms with Gasteiger partial charge < -0.3 is 14.6 Å². The van der Waals surface area contributed by atoms with Crippen LogP contribution < -0.4 is 10.1 Å². The predicted molar refractivity (Wildman–Crippen MR) is 173 cm³/mol. The Morgan fingerprint density at radius 1 is 0.756 bits per heavy atom. The number of nitrogens with zero attached hydrogens (tertiary/aromatic N) is 2. The van der Waals surface area contributed by atoms with Gasteiger partial charge in [0.1, 0.15) is 11.6 Å². The number of methoxy groups -OCH3 is 1. The van der Waals surface area contributed by atoms with Gasteiger partial charge >= 0.3 is 0 Å². The zero-order valence-corrected chi connectivity index (χ0v) is 26.0. The van der Waals surface area contributed by atoms with Crippen molar-refractivity contribution in [3.05, 3.63) is 59.9 Å². The zero-order valence-electron chi connectivity index (χ0n) is 26.0. The minimum absolute atomic E-state index is 0.0427. The average molecular weight is 562 g/mol. The number of para-hydroxylation sites is 2. The Morgan fingerprint density at radius 3 is 2.07 bits per heavy atom. The third-order valence-electron chi connectivity index (χ3n) is 8.16. The van der Waals surface area contributed by atoms with Crippen molar-refractivity contribution in [3.8, 4) is 5.75 Å². The summed E-state index contributed by atoms with van der Waals surface area (Å²) in [6.45, 7) is 4.04. The highest BCUT2D eigenvalue weighted by Crippen LogP contribution is 2.20. The highest BCUT2D eigenvalue weighted by Gasteiger charge is 2.10. The number of hydrogen-bond donors (Lipinski definition) is 1. The number of nitrogens with one attached hydrogen (secondary N) is 1. The lowest BCUT2D eigenvalue weighted by Crippen LogP contribution is -2.24. The second-order valence-electron chi connectivity index (χ2n) is 11.6. The van der Waals surface area contributed by atoms with Crippen LogP contribution in [0.3, 0.4) is 0 Å². The van der Waals surface area contributed by atoms with Crippen LogP contribution in [0.1, 0.15) is 132 Å². The average Bonchev–Trinajstić information content (AvgIpc) is 3.36. The number of carbonyl (C=O) groups excluding carboxylic acids is 1. The van der Waals surface area contributed by atoms with Crippen LogP contribution in [0.2, 0.25) is 0 Å². The van der Waals surface area contributed by atoms with Crippen LogP contribution in [0, 0.1) is 0 Å². The molecule has 1 N–H and O–H groups in total. The molecule has 0 atom stereocenters. The quantitative estimate of drug-likeness (QED) is 0.117. The standard InChI is InChI=1S/C36H55N3O2/c1-3-4-5-6-7-8-9-10-11-12-13-14-15-21-29-39-34-26-19-18-25-33(34)38-35(39)27-17-16-20-28-37-36(40)31-23-22-24-32(30-31)41-2/h18-19,22-26,30H,3-17,20-21,27-29H2,1-2H3,(H,37,40). The number of hydrogen-bond acceptors (Lipinski definition) is 3. The molecule has 0 saturated carbocycles. The number of ether oxygens (including phenoxy) is 1. The second kappa shape index (κ2) is 20.1. The van der Waals surface area contributed by atoms with E-state index in [-0.39, 0.29) is 5.91 Å². The summed E-state index contributed by atoms with van der Waals surface area (Å²) in [6, 6.07) is 15.8. The van der Waals surface area contributed by atoms with Crippen LogP contribution in [0.4, 0.5) is 0 Å². The molecule has 0 spiro atoms. The van der Waals surface area contributed by atoms with Gasteiger partial charge in [0.15, 0.2) is 0 Å². The Morgan fingerprint density at radius 2 is 1.39 bits per heavy atom. The minimum Gasteiger partial charge on any atom is -0.497 e. The molecular weight excluding hydrogens is 506 g/mol. The first-order valence-electron chi connectivity index (χ1n) is 16.6. The molecule has 3 rings (SSSR count). The second-order valence-corrected chi connectivity index (χ2v) is 11.6. The van der Waals surface area contributed by atoms with Crippen LogP contribution >= 0.6 is 0 Å². The van der Waals surface area contributed by atoms with Gasteiger partial charge in [0.25, 0.3) is 5.91 Å². The van der Waals surface area contributed by atoms with E-state index in [9.17, 15) is 4.79 Å². The SMILES string of the molecule is CCCCCCCCCCCCCCCCn1c(CCCCCNC(=O)c2cccc(OC)c2)nc2ccccc21. The fourth-order valence-electron chi connectivity index (χ4n) is 5.68. The van der Waals surface area contributed by atoms with Gasteiger partial charge in [-0.15, -0.1) is 0 Å². The summed E-state index contributed by atoms with van der Waals surface area (Å²) >= 11 is 0. The molecule has 3 aromatic rings. The van der Waals surface area contributed by atoms with Gasteiger partial charge in [0.2, 0.25) is 0 Å². The van der Waals surface area contributed by atoms with E-state index >= 15 is 0 Å². The summed E-state index contributed by atoms with van der Waals surface area (Å²) < 4.78 is 7.68. The number of unbranched alkanes of at least 4 members (excludes halogenated alkanes) is 15. The lowest BCUT2D eigenvalue weighted by Gasteiger charge is -2.10. The van der Waals surface area contributed by atoms with Crippen molar-refractivity contribution in [2.75, 3.05) is 13.7 Å². The van der Waals surface area contributed by atoms with Crippen molar-refractivity contribution in [2.24, 2.45) is 0 Å². The topological polar surface area (TPSA) is 56.2 Å². The Labute approximate surface area is 249 Å². The van der Waals surface area contributed by atoms with Gasteiger partial charge in [0, 0.05) is 25.1 Å². The number of fused-ring (bicyclic) bond motifs is 1. The van der Waals surface area contributed by atoms with E-state index in [1.165, 1.54) is 101 Å². The number of rotatable bonds is 23. The molecule has 0 saturated heterocycles. The molecule has 5 nitrogen and oxygen atoms in total. The van der Waals surface area contributed by atoms with E-state index in [1.807, 2.05) is 18.2 Å². The summed E-state index contributed by atoms with van der Waals surface area (Å²) in [5.74, 6) is 1.87. The highest BCUT2D eigenvalue weighted by molar-refractivity contribution is 5.94. The molecule has 5 heteroatoms. The zero-order chi connectivity index (χ0) is 29.0. The predicted octanol–water partition coefficient (Wildman–Crippen LogP) is 9.67. The Kier molecular flexibility index (Phi) is 16.0. The van der Waals surface area contributed by atoms with Crippen molar-refractivity contribution in [1.82, 2.24) is 14.9 Å². The summed E-state index contributed by atoms with van der Waals surface area (Å²) in [6.07, 6.45) is 23.5. The van der Waals surface area contributed by atoms with Gasteiger partial charge in [-0.25, -0.2) is 4.98 Å². The van der Waals surface area contributed by atoms with Crippen molar-refractivity contribution in [1.29, 1.82) is 0 Å². The lowest BCUT2D eigenvalue weighted by molar-refractivity contribution is 0.0952. The van der Waals surface area contributed by atoms with Crippen molar-refractivity contribution in [3.63, 3.8) is 0 Å². The van der Waals surface area contributed by atoms with E-state index in [4.69, 9.17) is 9.72 Å². The maximum absolute atomic E-state index is 12.4. The number of benzene rings is 2. The van der Waals surface area contributed by atoms with Crippen molar-refractivity contribution in [2.45, 2.75) is 129 Å². The van der Waals surface area contributed by atoms with Gasteiger partial charge in [-0.2, -0.15) is 0 Å². The Balaban J connectivity index is 1.29. The summed E-state index contributed by atoms with van der Waals surface area (Å²) in [5, 5.41) is 3.04. The molecule has 2 aromatic carbocycles. The van der Waals surface area contributed by atoms with E-state index in [0.29, 0.717) is 17.9 Å². The molecular formula is C36H55N3O2. The summed E-state index contributed by atoms with van der Waals surface area (Å²) in [4.78, 5) is 17.4. The molecule has 1 aromatic heterocycles. The maximum Gasteiger partial charge on any atom is 0.251 e. The monoisotopic (exact) mass is 561 g/mol. The third kappa shape index (κ3) is 12.3. The Bertz CT molecular complexity index is 1120. The van der Waals surface area contributed by atoms with E-state index < -0.39 is 0 Å². The molecule has 0 unspecified atom stereocenters. The van der Waals surface area contributed by atoms with E-state index in [2.05, 4.69) is 41.1 Å².